The van der Waals surface area contributed by atoms with Crippen LogP contribution in [0.3, 0.4) is 0 Å². The molecule has 0 bridgehead atoms. The van der Waals surface area contributed by atoms with Crippen LogP contribution >= 0.6 is 0 Å². The van der Waals surface area contributed by atoms with E-state index in [1.54, 1.807) is 0 Å². The molecule has 0 saturated heterocycles. The normalized spacial score (nSPS) is 16.2. The van der Waals surface area contributed by atoms with Crippen LogP contribution in [0.2, 0.25) is 0 Å². The van der Waals surface area contributed by atoms with Gasteiger partial charge in [-0.15, -0.1) is 0 Å². The maximum atomic E-state index is 10.9. The molecule has 0 aromatic heterocycles. The third kappa shape index (κ3) is 4.33. The van der Waals surface area contributed by atoms with Crippen molar-refractivity contribution in [2.45, 2.75) is 25.9 Å². The Morgan fingerprint density at radius 1 is 1.07 bits per heavy atom. The van der Waals surface area contributed by atoms with Gasteiger partial charge in [-0.25, -0.2) is 4.79 Å². The fourth-order valence-corrected chi connectivity index (χ4v) is 4.08. The third-order valence-corrected chi connectivity index (χ3v) is 5.56. The van der Waals surface area contributed by atoms with Crippen LogP contribution in [-0.4, -0.2) is 29.1 Å². The second-order valence-corrected chi connectivity index (χ2v) is 7.50. The summed E-state index contributed by atoms with van der Waals surface area (Å²) in [7, 11) is 0. The summed E-state index contributed by atoms with van der Waals surface area (Å²) in [6, 6.07) is 25.1. The standard InChI is InChI=1S/C25H25NO3/c1-18-7-5-6-10-21(18)16-26-14-13-19-11-12-22(29-17-24(27)28)15-23(19)25(26)20-8-3-2-4-9-20/h2-12,15,25H,13-14,16-17H2,1H3,(H,27,28). The summed E-state index contributed by atoms with van der Waals surface area (Å²) < 4.78 is 5.47. The van der Waals surface area contributed by atoms with Crippen LogP contribution in [0.15, 0.2) is 72.8 Å². The predicted molar refractivity (Wildman–Crippen MR) is 113 cm³/mol. The Bertz CT molecular complexity index is 1000. The highest BCUT2D eigenvalue weighted by molar-refractivity contribution is 5.68. The molecule has 0 radical (unpaired) electrons. The van der Waals surface area contributed by atoms with Gasteiger partial charge in [0.25, 0.3) is 0 Å². The first kappa shape index (κ1) is 19.2. The number of hydrogen-bond acceptors (Lipinski definition) is 3. The van der Waals surface area contributed by atoms with Crippen molar-refractivity contribution in [1.29, 1.82) is 0 Å². The smallest absolute Gasteiger partial charge is 0.341 e. The lowest BCUT2D eigenvalue weighted by molar-refractivity contribution is -0.139. The molecular weight excluding hydrogens is 362 g/mol. The first-order chi connectivity index (χ1) is 14.1. The van der Waals surface area contributed by atoms with Crippen molar-refractivity contribution in [3.8, 4) is 5.75 Å². The number of aliphatic carboxylic acids is 1. The van der Waals surface area contributed by atoms with Gasteiger partial charge >= 0.3 is 5.97 Å². The minimum absolute atomic E-state index is 0.105. The highest BCUT2D eigenvalue weighted by atomic mass is 16.5. The zero-order valence-corrected chi connectivity index (χ0v) is 16.5. The van der Waals surface area contributed by atoms with Crippen molar-refractivity contribution in [1.82, 2.24) is 4.90 Å². The molecule has 29 heavy (non-hydrogen) atoms. The number of fused-ring (bicyclic) bond motifs is 1. The molecule has 148 valence electrons. The van der Waals surface area contributed by atoms with Gasteiger partial charge in [-0.3, -0.25) is 4.90 Å². The molecule has 1 N–H and O–H groups in total. The van der Waals surface area contributed by atoms with E-state index in [2.05, 4.69) is 66.4 Å². The number of ether oxygens (including phenoxy) is 1. The minimum atomic E-state index is -0.969. The molecule has 0 amide bonds. The van der Waals surface area contributed by atoms with Crippen LogP contribution in [0.5, 0.6) is 5.75 Å². The monoisotopic (exact) mass is 387 g/mol. The van der Waals surface area contributed by atoms with Gasteiger partial charge in [0.1, 0.15) is 5.75 Å². The van der Waals surface area contributed by atoms with Crippen LogP contribution in [0.1, 0.15) is 33.9 Å². The molecular formula is C25H25NO3. The summed E-state index contributed by atoms with van der Waals surface area (Å²) in [5.74, 6) is -0.367. The summed E-state index contributed by atoms with van der Waals surface area (Å²) in [4.78, 5) is 13.4. The van der Waals surface area contributed by atoms with E-state index in [0.29, 0.717) is 5.75 Å². The Morgan fingerprint density at radius 2 is 1.83 bits per heavy atom. The predicted octanol–water partition coefficient (Wildman–Crippen LogP) is 4.61. The number of carboxylic acid groups (broad SMARTS) is 1. The van der Waals surface area contributed by atoms with Crippen molar-refractivity contribution < 1.29 is 14.6 Å². The number of nitrogens with zero attached hydrogens (tertiary/aromatic N) is 1. The number of carboxylic acids is 1. The van der Waals surface area contributed by atoms with Crippen LogP contribution in [-0.2, 0) is 17.8 Å². The maximum absolute atomic E-state index is 10.9. The summed E-state index contributed by atoms with van der Waals surface area (Å²) in [5, 5.41) is 8.94. The number of rotatable bonds is 6. The Labute approximate surface area is 171 Å². The second-order valence-electron chi connectivity index (χ2n) is 7.50. The van der Waals surface area contributed by atoms with Crippen molar-refractivity contribution in [3.63, 3.8) is 0 Å². The Balaban J connectivity index is 1.72. The molecule has 1 aliphatic heterocycles. The first-order valence-corrected chi connectivity index (χ1v) is 9.93. The molecule has 1 aliphatic rings. The molecule has 1 atom stereocenters. The van der Waals surface area contributed by atoms with Crippen molar-refractivity contribution in [2.24, 2.45) is 0 Å². The van der Waals surface area contributed by atoms with Gasteiger partial charge in [-0.1, -0.05) is 60.7 Å². The molecule has 1 unspecified atom stereocenters. The molecule has 4 nitrogen and oxygen atoms in total. The minimum Gasteiger partial charge on any atom is -0.482 e. The lowest BCUT2D eigenvalue weighted by Crippen LogP contribution is -2.35. The number of benzene rings is 3. The maximum Gasteiger partial charge on any atom is 0.341 e. The SMILES string of the molecule is Cc1ccccc1CN1CCc2ccc(OCC(=O)O)cc2C1c1ccccc1. The largest absolute Gasteiger partial charge is 0.482 e. The van der Waals surface area contributed by atoms with Crippen molar-refractivity contribution in [2.75, 3.05) is 13.2 Å². The van der Waals surface area contributed by atoms with Crippen LogP contribution in [0.4, 0.5) is 0 Å². The molecule has 3 aromatic carbocycles. The summed E-state index contributed by atoms with van der Waals surface area (Å²) in [5.41, 5.74) is 6.35. The van der Waals surface area contributed by atoms with Crippen LogP contribution < -0.4 is 4.74 Å². The summed E-state index contributed by atoms with van der Waals surface area (Å²) in [6.07, 6.45) is 0.962. The third-order valence-electron chi connectivity index (χ3n) is 5.56. The van der Waals surface area contributed by atoms with E-state index in [1.807, 2.05) is 18.2 Å². The molecule has 0 spiro atoms. The van der Waals surface area contributed by atoms with E-state index < -0.39 is 5.97 Å². The topological polar surface area (TPSA) is 49.8 Å². The van der Waals surface area contributed by atoms with E-state index >= 15 is 0 Å². The lowest BCUT2D eigenvalue weighted by atomic mass is 9.87. The average Bonchev–Trinajstić information content (AvgIpc) is 2.74. The molecule has 0 aliphatic carbocycles. The summed E-state index contributed by atoms with van der Waals surface area (Å²) >= 11 is 0. The fraction of sp³-hybridized carbons (Fsp3) is 0.240. The van der Waals surface area contributed by atoms with Crippen molar-refractivity contribution >= 4 is 5.97 Å². The van der Waals surface area contributed by atoms with E-state index in [0.717, 1.165) is 19.5 Å². The van der Waals surface area contributed by atoms with Crippen molar-refractivity contribution in [3.05, 3.63) is 101 Å². The zero-order valence-electron chi connectivity index (χ0n) is 16.5. The first-order valence-electron chi connectivity index (χ1n) is 9.93. The Hall–Kier alpha value is -3.11. The fourth-order valence-electron chi connectivity index (χ4n) is 4.08. The van der Waals surface area contributed by atoms with Crippen LogP contribution in [0.25, 0.3) is 0 Å². The Morgan fingerprint density at radius 3 is 2.59 bits per heavy atom. The summed E-state index contributed by atoms with van der Waals surface area (Å²) in [6.45, 7) is 3.66. The van der Waals surface area contributed by atoms with E-state index in [4.69, 9.17) is 9.84 Å². The second kappa shape index (κ2) is 8.50. The van der Waals surface area contributed by atoms with E-state index in [9.17, 15) is 4.79 Å². The van der Waals surface area contributed by atoms with E-state index in [-0.39, 0.29) is 12.6 Å². The molecule has 1 heterocycles. The molecule has 3 aromatic rings. The molecule has 0 fully saturated rings. The molecule has 4 heteroatoms. The highest BCUT2D eigenvalue weighted by Gasteiger charge is 2.29. The lowest BCUT2D eigenvalue weighted by Gasteiger charge is -2.38. The number of aryl methyl sites for hydroxylation is 1. The van der Waals surface area contributed by atoms with Gasteiger partial charge < -0.3 is 9.84 Å². The van der Waals surface area contributed by atoms with Gasteiger partial charge in [-0.05, 0) is 53.3 Å². The highest BCUT2D eigenvalue weighted by Crippen LogP contribution is 2.38. The average molecular weight is 387 g/mol. The molecule has 4 rings (SSSR count). The van der Waals surface area contributed by atoms with Gasteiger partial charge in [-0.2, -0.15) is 0 Å². The molecule has 0 saturated carbocycles. The van der Waals surface area contributed by atoms with E-state index in [1.165, 1.54) is 27.8 Å². The van der Waals surface area contributed by atoms with Gasteiger partial charge in [0.05, 0.1) is 6.04 Å². The quantitative estimate of drug-likeness (QED) is 0.671. The van der Waals surface area contributed by atoms with Gasteiger partial charge in [0.15, 0.2) is 6.61 Å². The Kier molecular flexibility index (Phi) is 5.63. The van der Waals surface area contributed by atoms with Gasteiger partial charge in [0, 0.05) is 13.1 Å². The zero-order chi connectivity index (χ0) is 20.2. The number of carbonyl (C=O) groups is 1. The van der Waals surface area contributed by atoms with Gasteiger partial charge in [0.2, 0.25) is 0 Å². The number of hydrogen-bond donors (Lipinski definition) is 1. The van der Waals surface area contributed by atoms with Crippen LogP contribution in [0, 0.1) is 6.92 Å².